The average Bonchev–Trinajstić information content (AvgIpc) is 3.51. The minimum Gasteiger partial charge on any atom is -0.309 e. The SMILES string of the molecule is CC1(C)c2ccccc2-c2cc3c(cc21)c1ccccc1n3-c1cccc(-c2ccc3ccc4cccc5ccc2c3c45)c1. The number of fused-ring (bicyclic) bond motifs is 6. The first-order valence-corrected chi connectivity index (χ1v) is 15.5. The van der Waals surface area contributed by atoms with Crippen LogP contribution in [0.4, 0.5) is 0 Å². The maximum absolute atomic E-state index is 2.47. The second-order valence-electron chi connectivity index (χ2n) is 13.0. The molecule has 44 heavy (non-hydrogen) atoms. The number of hydrogen-bond acceptors (Lipinski definition) is 0. The van der Waals surface area contributed by atoms with E-state index in [4.69, 9.17) is 0 Å². The van der Waals surface area contributed by atoms with Gasteiger partial charge >= 0.3 is 0 Å². The summed E-state index contributed by atoms with van der Waals surface area (Å²) in [6, 6.07) is 52.2. The Kier molecular flexibility index (Phi) is 4.58. The Morgan fingerprint density at radius 1 is 0.432 bits per heavy atom. The van der Waals surface area contributed by atoms with E-state index in [9.17, 15) is 0 Å². The molecule has 9 aromatic rings. The first-order chi connectivity index (χ1) is 21.6. The highest BCUT2D eigenvalue weighted by atomic mass is 15.0. The minimum atomic E-state index is -0.0295. The molecule has 10 rings (SSSR count). The summed E-state index contributed by atoms with van der Waals surface area (Å²) in [4.78, 5) is 0. The van der Waals surface area contributed by atoms with Crippen molar-refractivity contribution in [1.82, 2.24) is 4.57 Å². The lowest BCUT2D eigenvalue weighted by atomic mass is 9.82. The summed E-state index contributed by atoms with van der Waals surface area (Å²) in [6.45, 7) is 4.73. The summed E-state index contributed by atoms with van der Waals surface area (Å²) in [7, 11) is 0. The Hall–Kier alpha value is -5.40. The van der Waals surface area contributed by atoms with Crippen LogP contribution in [0.15, 0.2) is 140 Å². The van der Waals surface area contributed by atoms with E-state index in [1.807, 2.05) is 0 Å². The normalized spacial score (nSPS) is 13.9. The molecule has 0 unspecified atom stereocenters. The molecule has 1 nitrogen and oxygen atoms in total. The van der Waals surface area contributed by atoms with Gasteiger partial charge in [-0.3, -0.25) is 0 Å². The Balaban J connectivity index is 1.24. The summed E-state index contributed by atoms with van der Waals surface area (Å²) in [5.74, 6) is 0. The molecular weight excluding hydrogens is 530 g/mol. The highest BCUT2D eigenvalue weighted by molar-refractivity contribution is 6.25. The van der Waals surface area contributed by atoms with Crippen LogP contribution in [0.25, 0.3) is 82.1 Å². The molecule has 1 aromatic heterocycles. The van der Waals surface area contributed by atoms with Gasteiger partial charge in [0.25, 0.3) is 0 Å². The third kappa shape index (κ3) is 3.04. The van der Waals surface area contributed by atoms with Crippen LogP contribution >= 0.6 is 0 Å². The zero-order chi connectivity index (χ0) is 29.2. The van der Waals surface area contributed by atoms with Gasteiger partial charge in [-0.2, -0.15) is 0 Å². The van der Waals surface area contributed by atoms with E-state index >= 15 is 0 Å². The molecule has 0 N–H and O–H groups in total. The van der Waals surface area contributed by atoms with Gasteiger partial charge in [0.2, 0.25) is 0 Å². The molecule has 0 atom stereocenters. The topological polar surface area (TPSA) is 4.93 Å². The lowest BCUT2D eigenvalue weighted by molar-refractivity contribution is 0.661. The lowest BCUT2D eigenvalue weighted by Gasteiger charge is -2.21. The van der Waals surface area contributed by atoms with Gasteiger partial charge in [0.1, 0.15) is 0 Å². The van der Waals surface area contributed by atoms with Crippen molar-refractivity contribution >= 4 is 54.1 Å². The molecule has 0 saturated carbocycles. The third-order valence-corrected chi connectivity index (χ3v) is 10.3. The van der Waals surface area contributed by atoms with E-state index in [1.165, 1.54) is 93.2 Å². The van der Waals surface area contributed by atoms with E-state index in [0.717, 1.165) is 0 Å². The van der Waals surface area contributed by atoms with Gasteiger partial charge in [0.05, 0.1) is 11.0 Å². The quantitative estimate of drug-likeness (QED) is 0.186. The van der Waals surface area contributed by atoms with Gasteiger partial charge in [0, 0.05) is 21.9 Å². The maximum Gasteiger partial charge on any atom is 0.0547 e. The zero-order valence-corrected chi connectivity index (χ0v) is 24.7. The van der Waals surface area contributed by atoms with Crippen LogP contribution in [0.2, 0.25) is 0 Å². The number of aromatic nitrogens is 1. The van der Waals surface area contributed by atoms with Crippen molar-refractivity contribution < 1.29 is 0 Å². The van der Waals surface area contributed by atoms with Gasteiger partial charge < -0.3 is 4.57 Å². The standard InChI is InChI=1S/C43H29N/c1-43(2)37-15-5-3-13-32(37)35-25-40-36(24-38(35)43)33-14-4-6-16-39(33)44(40)30-12-8-11-29(23-30)31-21-19-28-18-17-26-9-7-10-27-20-22-34(31)42(28)41(26)27/h3-25H,1-2H3. The van der Waals surface area contributed by atoms with E-state index in [-0.39, 0.29) is 5.41 Å². The molecule has 0 bridgehead atoms. The number of para-hydroxylation sites is 1. The summed E-state index contributed by atoms with van der Waals surface area (Å²) in [6.07, 6.45) is 0. The first-order valence-electron chi connectivity index (χ1n) is 15.5. The van der Waals surface area contributed by atoms with E-state index in [2.05, 4.69) is 158 Å². The van der Waals surface area contributed by atoms with E-state index < -0.39 is 0 Å². The number of hydrogen-bond donors (Lipinski definition) is 0. The molecule has 0 aliphatic heterocycles. The van der Waals surface area contributed by atoms with Crippen molar-refractivity contribution in [1.29, 1.82) is 0 Å². The summed E-state index contributed by atoms with van der Waals surface area (Å²) >= 11 is 0. The molecule has 206 valence electrons. The van der Waals surface area contributed by atoms with Gasteiger partial charge in [-0.15, -0.1) is 0 Å². The molecule has 0 fully saturated rings. The Morgan fingerprint density at radius 2 is 1.16 bits per heavy atom. The maximum atomic E-state index is 2.47. The van der Waals surface area contributed by atoms with Crippen molar-refractivity contribution in [2.24, 2.45) is 0 Å². The fourth-order valence-corrected chi connectivity index (χ4v) is 8.24. The molecule has 1 heterocycles. The highest BCUT2D eigenvalue weighted by Crippen LogP contribution is 2.51. The molecule has 1 aliphatic carbocycles. The highest BCUT2D eigenvalue weighted by Gasteiger charge is 2.36. The van der Waals surface area contributed by atoms with Crippen LogP contribution in [-0.2, 0) is 5.41 Å². The Morgan fingerprint density at radius 3 is 2.05 bits per heavy atom. The molecule has 0 spiro atoms. The largest absolute Gasteiger partial charge is 0.309 e. The predicted octanol–water partition coefficient (Wildman–Crippen LogP) is 11.7. The molecule has 8 aromatic carbocycles. The van der Waals surface area contributed by atoms with Gasteiger partial charge in [0.15, 0.2) is 0 Å². The van der Waals surface area contributed by atoms with Crippen molar-refractivity contribution in [3.63, 3.8) is 0 Å². The Labute approximate surface area is 255 Å². The fourth-order valence-electron chi connectivity index (χ4n) is 8.24. The molecule has 0 amide bonds. The number of rotatable bonds is 2. The van der Waals surface area contributed by atoms with Crippen molar-refractivity contribution in [3.05, 3.63) is 151 Å². The second kappa shape index (κ2) is 8.36. The van der Waals surface area contributed by atoms with E-state index in [1.54, 1.807) is 0 Å². The Bertz CT molecular complexity index is 2610. The number of nitrogens with zero attached hydrogens (tertiary/aromatic N) is 1. The smallest absolute Gasteiger partial charge is 0.0547 e. The van der Waals surface area contributed by atoms with Crippen LogP contribution in [0.5, 0.6) is 0 Å². The van der Waals surface area contributed by atoms with Crippen LogP contribution in [0, 0.1) is 0 Å². The number of benzene rings is 8. The van der Waals surface area contributed by atoms with Crippen molar-refractivity contribution in [3.8, 4) is 27.9 Å². The molecule has 1 heteroatoms. The fraction of sp³-hybridized carbons (Fsp3) is 0.0698. The molecule has 1 aliphatic rings. The summed E-state index contributed by atoms with van der Waals surface area (Å²) < 4.78 is 2.47. The van der Waals surface area contributed by atoms with Crippen molar-refractivity contribution in [2.45, 2.75) is 19.3 Å². The first kappa shape index (κ1) is 24.1. The summed E-state index contributed by atoms with van der Waals surface area (Å²) in [5.41, 5.74) is 11.7. The van der Waals surface area contributed by atoms with Crippen LogP contribution < -0.4 is 0 Å². The monoisotopic (exact) mass is 559 g/mol. The molecular formula is C43H29N. The van der Waals surface area contributed by atoms with Crippen LogP contribution in [-0.4, -0.2) is 4.57 Å². The van der Waals surface area contributed by atoms with Crippen LogP contribution in [0.1, 0.15) is 25.0 Å². The second-order valence-corrected chi connectivity index (χ2v) is 13.0. The minimum absolute atomic E-state index is 0.0295. The zero-order valence-electron chi connectivity index (χ0n) is 24.7. The van der Waals surface area contributed by atoms with Gasteiger partial charge in [-0.25, -0.2) is 0 Å². The molecule has 0 saturated heterocycles. The average molecular weight is 560 g/mol. The van der Waals surface area contributed by atoms with Crippen molar-refractivity contribution in [2.75, 3.05) is 0 Å². The van der Waals surface area contributed by atoms with Gasteiger partial charge in [-0.05, 0) is 96.0 Å². The third-order valence-electron chi connectivity index (χ3n) is 10.3. The van der Waals surface area contributed by atoms with Gasteiger partial charge in [-0.1, -0.05) is 123 Å². The molecule has 0 radical (unpaired) electrons. The van der Waals surface area contributed by atoms with E-state index in [0.29, 0.717) is 0 Å². The predicted molar refractivity (Wildman–Crippen MR) is 187 cm³/mol. The lowest BCUT2D eigenvalue weighted by Crippen LogP contribution is -2.14. The summed E-state index contributed by atoms with van der Waals surface area (Å²) in [5, 5.41) is 10.5. The van der Waals surface area contributed by atoms with Crippen LogP contribution in [0.3, 0.4) is 0 Å².